The maximum absolute atomic E-state index is 13.1. The van der Waals surface area contributed by atoms with Crippen LogP contribution in [0.25, 0.3) is 10.4 Å². The van der Waals surface area contributed by atoms with Crippen molar-refractivity contribution in [2.24, 2.45) is 0 Å². The SMILES string of the molecule is N#Cc1ccc(-c2ccc3c(c2)N(S(=O)(=O)c2ccccc2)CCS3(=O)=O)s1. The van der Waals surface area contributed by atoms with Crippen molar-refractivity contribution in [1.29, 1.82) is 5.26 Å². The molecule has 0 bridgehead atoms. The first kappa shape index (κ1) is 18.7. The molecule has 1 aromatic heterocycles. The van der Waals surface area contributed by atoms with E-state index in [2.05, 4.69) is 6.07 Å². The summed E-state index contributed by atoms with van der Waals surface area (Å²) in [5.74, 6) is -0.275. The Morgan fingerprint density at radius 3 is 2.46 bits per heavy atom. The lowest BCUT2D eigenvalue weighted by molar-refractivity contribution is 0.584. The van der Waals surface area contributed by atoms with E-state index in [0.717, 1.165) is 9.18 Å². The van der Waals surface area contributed by atoms with Crippen molar-refractivity contribution in [3.05, 3.63) is 65.5 Å². The minimum atomic E-state index is -3.90. The van der Waals surface area contributed by atoms with Gasteiger partial charge in [0.05, 0.1) is 21.2 Å². The molecular formula is C19H14N2O4S3. The number of hydrogen-bond acceptors (Lipinski definition) is 6. The third-order valence-corrected chi connectivity index (χ3v) is 9.06. The van der Waals surface area contributed by atoms with Crippen LogP contribution in [0.15, 0.2) is 70.5 Å². The van der Waals surface area contributed by atoms with E-state index in [1.807, 2.05) is 0 Å². The van der Waals surface area contributed by atoms with Crippen molar-refractivity contribution in [2.45, 2.75) is 9.79 Å². The van der Waals surface area contributed by atoms with Crippen molar-refractivity contribution >= 4 is 36.9 Å². The molecule has 2 heterocycles. The normalized spacial score (nSPS) is 15.6. The van der Waals surface area contributed by atoms with Crippen molar-refractivity contribution in [2.75, 3.05) is 16.6 Å². The van der Waals surface area contributed by atoms with E-state index in [-0.39, 0.29) is 27.8 Å². The number of anilines is 1. The van der Waals surface area contributed by atoms with Crippen LogP contribution >= 0.6 is 11.3 Å². The lowest BCUT2D eigenvalue weighted by Gasteiger charge is -2.30. The Morgan fingerprint density at radius 2 is 1.79 bits per heavy atom. The summed E-state index contributed by atoms with van der Waals surface area (Å²) in [4.78, 5) is 1.39. The molecule has 0 saturated heterocycles. The zero-order valence-electron chi connectivity index (χ0n) is 14.4. The molecule has 4 rings (SSSR count). The summed E-state index contributed by atoms with van der Waals surface area (Å²) < 4.78 is 52.5. The minimum absolute atomic E-state index is 0.000862. The number of hydrogen-bond donors (Lipinski definition) is 0. The predicted molar refractivity (Wildman–Crippen MR) is 107 cm³/mol. The van der Waals surface area contributed by atoms with Crippen LogP contribution in [0.1, 0.15) is 4.88 Å². The molecule has 0 N–H and O–H groups in total. The van der Waals surface area contributed by atoms with Crippen LogP contribution in [0.5, 0.6) is 0 Å². The van der Waals surface area contributed by atoms with Gasteiger partial charge in [-0.05, 0) is 42.0 Å². The van der Waals surface area contributed by atoms with Crippen molar-refractivity contribution in [3.63, 3.8) is 0 Å². The molecule has 0 radical (unpaired) electrons. The molecule has 1 aliphatic heterocycles. The molecule has 0 atom stereocenters. The molecular weight excluding hydrogens is 416 g/mol. The smallest absolute Gasteiger partial charge is 0.264 e. The molecule has 9 heteroatoms. The van der Waals surface area contributed by atoms with Gasteiger partial charge in [-0.15, -0.1) is 11.3 Å². The molecule has 1 aliphatic rings. The van der Waals surface area contributed by atoms with Gasteiger partial charge in [0.25, 0.3) is 10.0 Å². The Bertz CT molecular complexity index is 1300. The highest BCUT2D eigenvalue weighted by atomic mass is 32.2. The van der Waals surface area contributed by atoms with Gasteiger partial charge in [0.15, 0.2) is 9.84 Å². The van der Waals surface area contributed by atoms with Crippen molar-refractivity contribution in [1.82, 2.24) is 0 Å². The minimum Gasteiger partial charge on any atom is -0.264 e. The second-order valence-electron chi connectivity index (χ2n) is 6.17. The quantitative estimate of drug-likeness (QED) is 0.635. The van der Waals surface area contributed by atoms with Crippen LogP contribution in [0.3, 0.4) is 0 Å². The largest absolute Gasteiger partial charge is 0.264 e. The van der Waals surface area contributed by atoms with Crippen molar-refractivity contribution in [3.8, 4) is 16.5 Å². The molecule has 0 aliphatic carbocycles. The van der Waals surface area contributed by atoms with Gasteiger partial charge in [-0.3, -0.25) is 4.31 Å². The van der Waals surface area contributed by atoms with Crippen LogP contribution in [0.4, 0.5) is 5.69 Å². The monoisotopic (exact) mass is 430 g/mol. The number of rotatable bonds is 3. The summed E-state index contributed by atoms with van der Waals surface area (Å²) in [6, 6.07) is 18.1. The Kier molecular flexibility index (Phi) is 4.50. The highest BCUT2D eigenvalue weighted by molar-refractivity contribution is 7.94. The Hall–Kier alpha value is -2.67. The van der Waals surface area contributed by atoms with E-state index in [4.69, 9.17) is 5.26 Å². The number of sulfone groups is 1. The molecule has 0 unspecified atom stereocenters. The number of sulfonamides is 1. The van der Waals surface area contributed by atoms with Gasteiger partial charge in [-0.2, -0.15) is 5.26 Å². The fraction of sp³-hybridized carbons (Fsp3) is 0.105. The van der Waals surface area contributed by atoms with E-state index in [0.29, 0.717) is 10.4 Å². The molecule has 28 heavy (non-hydrogen) atoms. The molecule has 142 valence electrons. The second-order valence-corrected chi connectivity index (χ2v) is 11.2. The van der Waals surface area contributed by atoms with Crippen LogP contribution < -0.4 is 4.31 Å². The number of thiophene rings is 1. The molecule has 6 nitrogen and oxygen atoms in total. The summed E-state index contributed by atoms with van der Waals surface area (Å²) >= 11 is 1.26. The van der Waals surface area contributed by atoms with Crippen LogP contribution in [-0.4, -0.2) is 29.1 Å². The first-order valence-corrected chi connectivity index (χ1v) is 12.2. The maximum Gasteiger partial charge on any atom is 0.264 e. The zero-order valence-corrected chi connectivity index (χ0v) is 16.9. The Morgan fingerprint density at radius 1 is 1.04 bits per heavy atom. The summed E-state index contributed by atoms with van der Waals surface area (Å²) in [5.41, 5.74) is 0.801. The molecule has 0 amide bonds. The fourth-order valence-corrected chi connectivity index (χ4v) is 6.96. The van der Waals surface area contributed by atoms with Gasteiger partial charge in [0.1, 0.15) is 10.9 Å². The lowest BCUT2D eigenvalue weighted by atomic mass is 10.1. The molecule has 0 spiro atoms. The van der Waals surface area contributed by atoms with Gasteiger partial charge in [0.2, 0.25) is 0 Å². The van der Waals surface area contributed by atoms with Crippen molar-refractivity contribution < 1.29 is 16.8 Å². The van der Waals surface area contributed by atoms with E-state index in [1.54, 1.807) is 42.5 Å². The fourth-order valence-electron chi connectivity index (χ4n) is 3.08. The number of nitriles is 1. The third-order valence-electron chi connectivity index (χ3n) is 4.46. The van der Waals surface area contributed by atoms with Crippen LogP contribution in [-0.2, 0) is 19.9 Å². The summed E-state index contributed by atoms with van der Waals surface area (Å²) in [6.45, 7) is -0.149. The average Bonchev–Trinajstić information content (AvgIpc) is 3.17. The van der Waals surface area contributed by atoms with Crippen LogP contribution in [0.2, 0.25) is 0 Å². The molecule has 2 aromatic carbocycles. The van der Waals surface area contributed by atoms with E-state index >= 15 is 0 Å². The second kappa shape index (κ2) is 6.74. The van der Waals surface area contributed by atoms with Gasteiger partial charge >= 0.3 is 0 Å². The summed E-state index contributed by atoms with van der Waals surface area (Å²) in [6.07, 6.45) is 0. The first-order chi connectivity index (χ1) is 13.3. The highest BCUT2D eigenvalue weighted by Crippen LogP contribution is 2.39. The van der Waals surface area contributed by atoms with Gasteiger partial charge in [-0.1, -0.05) is 24.3 Å². The van der Waals surface area contributed by atoms with Gasteiger partial charge in [0, 0.05) is 11.4 Å². The first-order valence-electron chi connectivity index (χ1n) is 8.28. The maximum atomic E-state index is 13.1. The Balaban J connectivity index is 1.89. The molecule has 0 saturated carbocycles. The lowest BCUT2D eigenvalue weighted by Crippen LogP contribution is -2.39. The highest BCUT2D eigenvalue weighted by Gasteiger charge is 2.35. The Labute approximate surface area is 167 Å². The summed E-state index contributed by atoms with van der Waals surface area (Å²) in [7, 11) is -7.47. The number of benzene rings is 2. The van der Waals surface area contributed by atoms with E-state index in [1.165, 1.54) is 29.5 Å². The third kappa shape index (κ3) is 3.09. The zero-order chi connectivity index (χ0) is 19.9. The molecule has 0 fully saturated rings. The predicted octanol–water partition coefficient (Wildman–Crippen LogP) is 3.27. The topological polar surface area (TPSA) is 95.3 Å². The average molecular weight is 431 g/mol. The standard InChI is InChI=1S/C19H14N2O4S3/c20-13-15-7-8-18(26-15)14-6-9-19-17(12-14)21(10-11-27(19,22)23)28(24,25)16-4-2-1-3-5-16/h1-9,12H,10-11H2. The number of nitrogens with zero attached hydrogens (tertiary/aromatic N) is 2. The van der Waals surface area contributed by atoms with E-state index < -0.39 is 19.9 Å². The van der Waals surface area contributed by atoms with Crippen LogP contribution in [0, 0.1) is 11.3 Å². The number of fused-ring (bicyclic) bond motifs is 1. The van der Waals surface area contributed by atoms with E-state index in [9.17, 15) is 16.8 Å². The van der Waals surface area contributed by atoms with Gasteiger partial charge in [-0.25, -0.2) is 16.8 Å². The van der Waals surface area contributed by atoms with Gasteiger partial charge < -0.3 is 0 Å². The summed E-state index contributed by atoms with van der Waals surface area (Å²) in [5, 5.41) is 9.03. The molecule has 3 aromatic rings.